The van der Waals surface area contributed by atoms with Gasteiger partial charge in [-0.1, -0.05) is 23.4 Å². The van der Waals surface area contributed by atoms with Crippen molar-refractivity contribution < 1.29 is 18.8 Å². The van der Waals surface area contributed by atoms with Crippen molar-refractivity contribution in [1.29, 1.82) is 0 Å². The zero-order valence-electron chi connectivity index (χ0n) is 14.6. The molecule has 0 aliphatic heterocycles. The lowest BCUT2D eigenvalue weighted by Gasteiger charge is -2.08. The molecule has 0 amide bonds. The van der Waals surface area contributed by atoms with Gasteiger partial charge in [-0.2, -0.15) is 0 Å². The number of hydrogen-bond acceptors (Lipinski definition) is 6. The van der Waals surface area contributed by atoms with E-state index in [9.17, 15) is 4.79 Å². The number of pyridine rings is 1. The van der Waals surface area contributed by atoms with Crippen molar-refractivity contribution in [3.8, 4) is 5.75 Å². The fourth-order valence-electron chi connectivity index (χ4n) is 2.87. The number of aryl methyl sites for hydroxylation is 1. The summed E-state index contributed by atoms with van der Waals surface area (Å²) >= 11 is 0. The van der Waals surface area contributed by atoms with E-state index in [1.807, 2.05) is 36.4 Å². The molecule has 1 saturated carbocycles. The normalized spacial score (nSPS) is 13.7. The Kier molecular flexibility index (Phi) is 4.56. The van der Waals surface area contributed by atoms with Crippen LogP contribution < -0.4 is 4.74 Å². The quantitative estimate of drug-likeness (QED) is 0.472. The van der Waals surface area contributed by atoms with Gasteiger partial charge in [0.1, 0.15) is 5.75 Å². The second-order valence-corrected chi connectivity index (χ2v) is 6.47. The first-order chi connectivity index (χ1) is 12.7. The predicted molar refractivity (Wildman–Crippen MR) is 95.4 cm³/mol. The van der Waals surface area contributed by atoms with Crippen LogP contribution >= 0.6 is 0 Å². The maximum absolute atomic E-state index is 12.6. The van der Waals surface area contributed by atoms with Crippen molar-refractivity contribution >= 4 is 17.1 Å². The van der Waals surface area contributed by atoms with E-state index in [1.54, 1.807) is 6.92 Å². The zero-order chi connectivity index (χ0) is 17.9. The Hall–Kier alpha value is -2.89. The number of esters is 1. The predicted octanol–water partition coefficient (Wildman–Crippen LogP) is 4.03. The molecule has 0 radical (unpaired) electrons. The molecule has 2 heterocycles. The van der Waals surface area contributed by atoms with Gasteiger partial charge in [0.25, 0.3) is 5.71 Å². The minimum Gasteiger partial charge on any atom is -0.493 e. The Morgan fingerprint density at radius 1 is 1.23 bits per heavy atom. The van der Waals surface area contributed by atoms with Crippen LogP contribution in [0.3, 0.4) is 0 Å². The average Bonchev–Trinajstić information content (AvgIpc) is 3.45. The first kappa shape index (κ1) is 16.6. The Bertz CT molecular complexity index is 916. The van der Waals surface area contributed by atoms with Crippen LogP contribution in [0.5, 0.6) is 5.75 Å². The minimum atomic E-state index is -0.370. The second kappa shape index (κ2) is 7.15. The molecule has 0 atom stereocenters. The van der Waals surface area contributed by atoms with Crippen LogP contribution in [0.15, 0.2) is 40.9 Å². The average molecular weight is 352 g/mol. The molecule has 0 bridgehead atoms. The van der Waals surface area contributed by atoms with Gasteiger partial charge < -0.3 is 14.0 Å². The summed E-state index contributed by atoms with van der Waals surface area (Å²) in [5.41, 5.74) is 2.42. The minimum absolute atomic E-state index is 0.290. The number of nitrogens with zero attached hydrogens (tertiary/aromatic N) is 2. The number of rotatable bonds is 7. The van der Waals surface area contributed by atoms with Crippen molar-refractivity contribution in [2.75, 3.05) is 13.2 Å². The highest BCUT2D eigenvalue weighted by Gasteiger charge is 2.29. The van der Waals surface area contributed by atoms with Gasteiger partial charge in [0.05, 0.1) is 29.9 Å². The van der Waals surface area contributed by atoms with Crippen LogP contribution in [-0.2, 0) is 4.74 Å². The lowest BCUT2D eigenvalue weighted by Crippen LogP contribution is -2.10. The van der Waals surface area contributed by atoms with E-state index in [4.69, 9.17) is 14.0 Å². The van der Waals surface area contributed by atoms with Gasteiger partial charge >= 0.3 is 5.97 Å². The highest BCUT2D eigenvalue weighted by molar-refractivity contribution is 6.03. The Labute approximate surface area is 151 Å². The number of aromatic nitrogens is 2. The van der Waals surface area contributed by atoms with E-state index in [1.165, 1.54) is 0 Å². The van der Waals surface area contributed by atoms with Gasteiger partial charge in [-0.05, 0) is 38.0 Å². The van der Waals surface area contributed by atoms with E-state index in [-0.39, 0.29) is 5.97 Å². The first-order valence-electron chi connectivity index (χ1n) is 8.84. The van der Waals surface area contributed by atoms with E-state index in [2.05, 4.69) is 10.1 Å². The first-order valence-corrected chi connectivity index (χ1v) is 8.84. The van der Waals surface area contributed by atoms with Crippen LogP contribution in [0, 0.1) is 6.92 Å². The van der Waals surface area contributed by atoms with Crippen LogP contribution in [-0.4, -0.2) is 29.3 Å². The maximum Gasteiger partial charge on any atom is 0.339 e. The van der Waals surface area contributed by atoms with E-state index < -0.39 is 0 Å². The molecule has 0 unspecified atom stereocenters. The molecule has 1 aromatic carbocycles. The molecule has 1 fully saturated rings. The molecule has 26 heavy (non-hydrogen) atoms. The SMILES string of the molecule is Cc1noc2nc(C3CC3)cc(C(=O)OCCCOc3ccccc3)c12. The van der Waals surface area contributed by atoms with Gasteiger partial charge in [0, 0.05) is 18.0 Å². The van der Waals surface area contributed by atoms with E-state index in [0.717, 1.165) is 24.3 Å². The number of para-hydroxylation sites is 1. The molecule has 3 aromatic rings. The van der Waals surface area contributed by atoms with Crippen molar-refractivity contribution in [3.05, 3.63) is 53.3 Å². The topological polar surface area (TPSA) is 74.5 Å². The summed E-state index contributed by atoms with van der Waals surface area (Å²) in [6, 6.07) is 11.4. The maximum atomic E-state index is 12.6. The number of carbonyl (C=O) groups is 1. The summed E-state index contributed by atoms with van der Waals surface area (Å²) in [7, 11) is 0. The summed E-state index contributed by atoms with van der Waals surface area (Å²) < 4.78 is 16.3. The molecule has 1 aliphatic carbocycles. The van der Waals surface area contributed by atoms with Crippen LogP contribution in [0.2, 0.25) is 0 Å². The third kappa shape index (κ3) is 3.54. The molecule has 4 rings (SSSR count). The zero-order valence-corrected chi connectivity index (χ0v) is 14.6. The van der Waals surface area contributed by atoms with Gasteiger partial charge in [-0.15, -0.1) is 0 Å². The molecule has 134 valence electrons. The molecular formula is C20H20N2O4. The number of hydrogen-bond donors (Lipinski definition) is 0. The third-order valence-corrected chi connectivity index (χ3v) is 4.39. The Morgan fingerprint density at radius 2 is 2.04 bits per heavy atom. The monoisotopic (exact) mass is 352 g/mol. The number of carbonyl (C=O) groups excluding carboxylic acids is 1. The van der Waals surface area contributed by atoms with Crippen LogP contribution in [0.25, 0.3) is 11.1 Å². The number of fused-ring (bicyclic) bond motifs is 1. The molecule has 6 nitrogen and oxygen atoms in total. The lowest BCUT2D eigenvalue weighted by molar-refractivity contribution is 0.0488. The molecule has 6 heteroatoms. The highest BCUT2D eigenvalue weighted by Crippen LogP contribution is 2.40. The lowest BCUT2D eigenvalue weighted by atomic mass is 10.1. The molecule has 1 aliphatic rings. The molecular weight excluding hydrogens is 332 g/mol. The largest absolute Gasteiger partial charge is 0.493 e. The number of benzene rings is 1. The smallest absolute Gasteiger partial charge is 0.339 e. The van der Waals surface area contributed by atoms with Gasteiger partial charge in [-0.3, -0.25) is 0 Å². The van der Waals surface area contributed by atoms with E-state index >= 15 is 0 Å². The molecule has 0 spiro atoms. The number of ether oxygens (including phenoxy) is 2. The molecule has 0 N–H and O–H groups in total. The van der Waals surface area contributed by atoms with Crippen molar-refractivity contribution in [1.82, 2.24) is 10.1 Å². The van der Waals surface area contributed by atoms with Crippen LogP contribution in [0.4, 0.5) is 0 Å². The highest BCUT2D eigenvalue weighted by atomic mass is 16.5. The van der Waals surface area contributed by atoms with E-state index in [0.29, 0.717) is 47.9 Å². The van der Waals surface area contributed by atoms with Crippen LogP contribution in [0.1, 0.15) is 46.9 Å². The van der Waals surface area contributed by atoms with Gasteiger partial charge in [0.2, 0.25) is 0 Å². The third-order valence-electron chi connectivity index (χ3n) is 4.39. The standard InChI is InChI=1S/C20H20N2O4/c1-13-18-16(12-17(14-8-9-14)21-19(18)26-22-13)20(23)25-11-5-10-24-15-6-3-2-4-7-15/h2-4,6-7,12,14H,5,8-11H2,1H3. The van der Waals surface area contributed by atoms with Crippen molar-refractivity contribution in [2.45, 2.75) is 32.1 Å². The fourth-order valence-corrected chi connectivity index (χ4v) is 2.87. The van der Waals surface area contributed by atoms with Crippen molar-refractivity contribution in [3.63, 3.8) is 0 Å². The Balaban J connectivity index is 1.39. The summed E-state index contributed by atoms with van der Waals surface area (Å²) in [5.74, 6) is 0.852. The summed E-state index contributed by atoms with van der Waals surface area (Å²) in [6.45, 7) is 2.58. The second-order valence-electron chi connectivity index (χ2n) is 6.47. The molecule has 0 saturated heterocycles. The van der Waals surface area contributed by atoms with Gasteiger partial charge in [-0.25, -0.2) is 9.78 Å². The summed E-state index contributed by atoms with van der Waals surface area (Å²) in [4.78, 5) is 17.1. The van der Waals surface area contributed by atoms with Crippen molar-refractivity contribution in [2.24, 2.45) is 0 Å². The van der Waals surface area contributed by atoms with Gasteiger partial charge in [0.15, 0.2) is 0 Å². The summed E-state index contributed by atoms with van der Waals surface area (Å²) in [6.07, 6.45) is 2.81. The fraction of sp³-hybridized carbons (Fsp3) is 0.350. The Morgan fingerprint density at radius 3 is 2.81 bits per heavy atom. The summed E-state index contributed by atoms with van der Waals surface area (Å²) in [5, 5.41) is 4.58. The molecule has 2 aromatic heterocycles.